The molecule has 0 amide bonds. The van der Waals surface area contributed by atoms with Gasteiger partial charge in [-0.25, -0.2) is 9.97 Å². The van der Waals surface area contributed by atoms with Crippen LogP contribution in [0.2, 0.25) is 0 Å². The number of aromatic amines is 1. The van der Waals surface area contributed by atoms with Crippen LogP contribution in [0.25, 0.3) is 11.2 Å². The number of hydrogen-bond donors (Lipinski definition) is 2. The summed E-state index contributed by atoms with van der Waals surface area (Å²) in [6.45, 7) is 0. The van der Waals surface area contributed by atoms with Gasteiger partial charge in [-0.1, -0.05) is 17.7 Å². The minimum Gasteiger partial charge on any atom is -0.368 e. The Bertz CT molecular complexity index is 498. The highest BCUT2D eigenvalue weighted by atomic mass is 32.2. The monoisotopic (exact) mass is 205 g/mol. The summed E-state index contributed by atoms with van der Waals surface area (Å²) in [5, 5.41) is 0.739. The van der Waals surface area contributed by atoms with Crippen molar-refractivity contribution in [3.8, 4) is 12.3 Å². The molecule has 2 aromatic heterocycles. The van der Waals surface area contributed by atoms with Crippen LogP contribution in [0, 0.1) is 12.3 Å². The maximum atomic E-state index is 5.51. The molecule has 2 rings (SSSR count). The van der Waals surface area contributed by atoms with Gasteiger partial charge in [0.1, 0.15) is 10.5 Å². The molecule has 70 valence electrons. The third-order valence-electron chi connectivity index (χ3n) is 1.56. The lowest BCUT2D eigenvalue weighted by Gasteiger charge is -1.99. The second-order valence-electron chi connectivity index (χ2n) is 2.48. The van der Waals surface area contributed by atoms with Crippen molar-refractivity contribution in [2.75, 3.05) is 11.5 Å². The van der Waals surface area contributed by atoms with Gasteiger partial charge in [-0.05, 0) is 0 Å². The standard InChI is InChI=1S/C8H7N5S/c1-2-3-14-7-5-6(11-4-10-5)12-8(9)13-7/h1,4H,3H2,(H3,9,10,11,12,13). The van der Waals surface area contributed by atoms with Gasteiger partial charge >= 0.3 is 0 Å². The Kier molecular flexibility index (Phi) is 2.24. The zero-order valence-corrected chi connectivity index (χ0v) is 8.01. The van der Waals surface area contributed by atoms with Crippen molar-refractivity contribution in [2.24, 2.45) is 0 Å². The van der Waals surface area contributed by atoms with Crippen molar-refractivity contribution in [2.45, 2.75) is 5.03 Å². The molecule has 0 aliphatic heterocycles. The third kappa shape index (κ3) is 1.49. The highest BCUT2D eigenvalue weighted by Gasteiger charge is 2.07. The van der Waals surface area contributed by atoms with Gasteiger partial charge in [0.05, 0.1) is 12.1 Å². The Labute approximate surface area is 84.5 Å². The first-order valence-electron chi connectivity index (χ1n) is 3.84. The molecule has 6 heteroatoms. The van der Waals surface area contributed by atoms with Gasteiger partial charge in [0.15, 0.2) is 5.65 Å². The van der Waals surface area contributed by atoms with E-state index in [0.29, 0.717) is 11.4 Å². The fourth-order valence-electron chi connectivity index (χ4n) is 1.04. The van der Waals surface area contributed by atoms with Gasteiger partial charge in [0, 0.05) is 0 Å². The first kappa shape index (κ1) is 8.84. The van der Waals surface area contributed by atoms with Crippen LogP contribution < -0.4 is 5.73 Å². The lowest BCUT2D eigenvalue weighted by atomic mass is 10.5. The van der Waals surface area contributed by atoms with Crippen LogP contribution in [-0.2, 0) is 0 Å². The molecular formula is C8H7N5S. The Morgan fingerprint density at radius 1 is 1.57 bits per heavy atom. The maximum absolute atomic E-state index is 5.51. The number of aromatic nitrogens is 4. The van der Waals surface area contributed by atoms with E-state index in [4.69, 9.17) is 12.2 Å². The number of H-pyrrole nitrogens is 1. The third-order valence-corrected chi connectivity index (χ3v) is 2.44. The van der Waals surface area contributed by atoms with Crippen LogP contribution in [0.3, 0.4) is 0 Å². The van der Waals surface area contributed by atoms with Gasteiger partial charge < -0.3 is 10.7 Å². The normalized spacial score (nSPS) is 10.2. The molecule has 0 fully saturated rings. The van der Waals surface area contributed by atoms with Gasteiger partial charge in [-0.2, -0.15) is 4.98 Å². The van der Waals surface area contributed by atoms with Crippen LogP contribution in [0.4, 0.5) is 5.95 Å². The lowest BCUT2D eigenvalue weighted by molar-refractivity contribution is 1.10. The van der Waals surface area contributed by atoms with Gasteiger partial charge in [-0.3, -0.25) is 0 Å². The molecule has 0 aliphatic carbocycles. The van der Waals surface area contributed by atoms with Crippen molar-refractivity contribution >= 4 is 28.9 Å². The predicted octanol–water partition coefficient (Wildman–Crippen LogP) is 0.660. The molecular weight excluding hydrogens is 198 g/mol. The average molecular weight is 205 g/mol. The van der Waals surface area contributed by atoms with E-state index in [1.54, 1.807) is 6.33 Å². The van der Waals surface area contributed by atoms with Crippen LogP contribution in [-0.4, -0.2) is 25.7 Å². The Morgan fingerprint density at radius 3 is 3.21 bits per heavy atom. The number of rotatable bonds is 2. The highest BCUT2D eigenvalue weighted by molar-refractivity contribution is 7.99. The average Bonchev–Trinajstić information content (AvgIpc) is 2.61. The molecule has 5 nitrogen and oxygen atoms in total. The number of terminal acetylenes is 1. The molecule has 0 spiro atoms. The fraction of sp³-hybridized carbons (Fsp3) is 0.125. The van der Waals surface area contributed by atoms with Crippen molar-refractivity contribution < 1.29 is 0 Å². The minimum absolute atomic E-state index is 0.212. The van der Waals surface area contributed by atoms with Crippen LogP contribution >= 0.6 is 11.8 Å². The van der Waals surface area contributed by atoms with Gasteiger partial charge in [0.2, 0.25) is 5.95 Å². The van der Waals surface area contributed by atoms with E-state index >= 15 is 0 Å². The number of hydrogen-bond acceptors (Lipinski definition) is 5. The molecule has 0 saturated carbocycles. The number of anilines is 1. The number of imidazole rings is 1. The molecule has 2 aromatic rings. The topological polar surface area (TPSA) is 80.5 Å². The molecule has 0 aliphatic rings. The van der Waals surface area contributed by atoms with E-state index < -0.39 is 0 Å². The summed E-state index contributed by atoms with van der Waals surface area (Å²) in [7, 11) is 0. The maximum Gasteiger partial charge on any atom is 0.223 e. The fourth-order valence-corrected chi connectivity index (χ4v) is 1.71. The second kappa shape index (κ2) is 3.55. The number of nitrogen functional groups attached to an aromatic ring is 1. The Hall–Kier alpha value is -1.74. The van der Waals surface area contributed by atoms with E-state index in [0.717, 1.165) is 10.5 Å². The second-order valence-corrected chi connectivity index (χ2v) is 3.44. The summed E-state index contributed by atoms with van der Waals surface area (Å²) in [4.78, 5) is 15.0. The highest BCUT2D eigenvalue weighted by Crippen LogP contribution is 2.22. The minimum atomic E-state index is 0.212. The zero-order chi connectivity index (χ0) is 9.97. The smallest absolute Gasteiger partial charge is 0.223 e. The van der Waals surface area contributed by atoms with Gasteiger partial charge in [0.25, 0.3) is 0 Å². The number of thioether (sulfide) groups is 1. The summed E-state index contributed by atoms with van der Waals surface area (Å²) < 4.78 is 0. The van der Waals surface area contributed by atoms with Crippen LogP contribution in [0.1, 0.15) is 0 Å². The number of fused-ring (bicyclic) bond motifs is 1. The van der Waals surface area contributed by atoms with E-state index in [2.05, 4.69) is 25.9 Å². The lowest BCUT2D eigenvalue weighted by Crippen LogP contribution is -1.97. The summed E-state index contributed by atoms with van der Waals surface area (Å²) in [5.41, 5.74) is 6.86. The zero-order valence-electron chi connectivity index (χ0n) is 7.19. The van der Waals surface area contributed by atoms with Crippen molar-refractivity contribution in [1.82, 2.24) is 19.9 Å². The first-order valence-corrected chi connectivity index (χ1v) is 4.82. The Morgan fingerprint density at radius 2 is 2.43 bits per heavy atom. The molecule has 2 heterocycles. The van der Waals surface area contributed by atoms with Gasteiger partial charge in [-0.15, -0.1) is 6.42 Å². The van der Waals surface area contributed by atoms with Crippen LogP contribution in [0.15, 0.2) is 11.4 Å². The quantitative estimate of drug-likeness (QED) is 0.427. The summed E-state index contributed by atoms with van der Waals surface area (Å²) in [6.07, 6.45) is 6.72. The SMILES string of the molecule is C#CCSc1nc(N)nc2nc[nH]c12. The summed E-state index contributed by atoms with van der Waals surface area (Å²) >= 11 is 1.43. The largest absolute Gasteiger partial charge is 0.368 e. The molecule has 3 N–H and O–H groups in total. The molecule has 0 saturated heterocycles. The number of nitrogens with two attached hydrogens (primary N) is 1. The summed E-state index contributed by atoms with van der Waals surface area (Å²) in [5.74, 6) is 3.28. The summed E-state index contributed by atoms with van der Waals surface area (Å²) in [6, 6.07) is 0. The van der Waals surface area contributed by atoms with E-state index in [1.165, 1.54) is 11.8 Å². The number of nitrogens with zero attached hydrogens (tertiary/aromatic N) is 3. The first-order chi connectivity index (χ1) is 6.81. The van der Waals surface area contributed by atoms with E-state index in [-0.39, 0.29) is 5.95 Å². The molecule has 0 bridgehead atoms. The molecule has 0 radical (unpaired) electrons. The number of nitrogens with one attached hydrogen (secondary N) is 1. The molecule has 14 heavy (non-hydrogen) atoms. The van der Waals surface area contributed by atoms with E-state index in [9.17, 15) is 0 Å². The predicted molar refractivity (Wildman–Crippen MR) is 55.7 cm³/mol. The van der Waals surface area contributed by atoms with Crippen molar-refractivity contribution in [3.63, 3.8) is 0 Å². The molecule has 0 aromatic carbocycles. The van der Waals surface area contributed by atoms with Crippen molar-refractivity contribution in [3.05, 3.63) is 6.33 Å². The van der Waals surface area contributed by atoms with Crippen LogP contribution in [0.5, 0.6) is 0 Å². The molecule has 0 unspecified atom stereocenters. The Balaban J connectivity index is 2.51. The van der Waals surface area contributed by atoms with E-state index in [1.807, 2.05) is 0 Å². The molecule has 0 atom stereocenters. The van der Waals surface area contributed by atoms with Crippen molar-refractivity contribution in [1.29, 1.82) is 0 Å².